The molecule has 1 aromatic carbocycles. The molecule has 1 aliphatic heterocycles. The Labute approximate surface area is 99.8 Å². The molecule has 17 heavy (non-hydrogen) atoms. The molecule has 5 nitrogen and oxygen atoms in total. The average molecular weight is 236 g/mol. The van der Waals surface area contributed by atoms with Crippen molar-refractivity contribution in [3.8, 4) is 5.75 Å². The number of aromatic hydroxyl groups is 1. The van der Waals surface area contributed by atoms with Gasteiger partial charge in [0.25, 0.3) is 0 Å². The third kappa shape index (κ3) is 2.50. The summed E-state index contributed by atoms with van der Waals surface area (Å²) in [5, 5.41) is 9.17. The molecule has 1 unspecified atom stereocenters. The zero-order chi connectivity index (χ0) is 12.5. The van der Waals surface area contributed by atoms with Crippen LogP contribution in [0.4, 0.5) is 4.79 Å². The number of ether oxygens (including phenoxy) is 1. The van der Waals surface area contributed by atoms with Crippen LogP contribution in [0.25, 0.3) is 0 Å². The summed E-state index contributed by atoms with van der Waals surface area (Å²) >= 11 is 0. The second-order valence-corrected chi connectivity index (χ2v) is 4.54. The van der Waals surface area contributed by atoms with Gasteiger partial charge in [-0.15, -0.1) is 0 Å². The first-order valence-corrected chi connectivity index (χ1v) is 5.48. The molecule has 1 fully saturated rings. The van der Waals surface area contributed by atoms with Crippen LogP contribution in [0.1, 0.15) is 12.5 Å². The van der Waals surface area contributed by atoms with E-state index in [1.807, 2.05) is 6.92 Å². The summed E-state index contributed by atoms with van der Waals surface area (Å²) in [6.07, 6.45) is -0.342. The first-order valence-electron chi connectivity index (χ1n) is 5.48. The molecule has 0 aliphatic carbocycles. The minimum absolute atomic E-state index is 0.213. The van der Waals surface area contributed by atoms with E-state index in [4.69, 9.17) is 15.6 Å². The second kappa shape index (κ2) is 4.25. The van der Waals surface area contributed by atoms with Crippen LogP contribution in [0.15, 0.2) is 24.3 Å². The van der Waals surface area contributed by atoms with Gasteiger partial charge in [0.2, 0.25) is 0 Å². The number of phenols is 1. The molecule has 1 aliphatic rings. The highest BCUT2D eigenvalue weighted by Gasteiger charge is 2.40. The van der Waals surface area contributed by atoms with E-state index in [-0.39, 0.29) is 11.8 Å². The Morgan fingerprint density at radius 3 is 2.65 bits per heavy atom. The summed E-state index contributed by atoms with van der Waals surface area (Å²) in [6.45, 7) is 3.09. The standard InChI is InChI=1S/C12H16N2O3/c1-12(7-13)8-14(11(16)17-12)6-9-2-4-10(15)5-3-9/h2-5,15H,6-8,13H2,1H3. The van der Waals surface area contributed by atoms with Gasteiger partial charge < -0.3 is 15.6 Å². The largest absolute Gasteiger partial charge is 0.508 e. The van der Waals surface area contributed by atoms with E-state index in [9.17, 15) is 4.79 Å². The Balaban J connectivity index is 2.05. The van der Waals surface area contributed by atoms with Crippen LogP contribution in [0.3, 0.4) is 0 Å². The molecule has 3 N–H and O–H groups in total. The fourth-order valence-electron chi connectivity index (χ4n) is 1.82. The highest BCUT2D eigenvalue weighted by atomic mass is 16.6. The molecule has 0 aromatic heterocycles. The summed E-state index contributed by atoms with van der Waals surface area (Å²) in [5.74, 6) is 0.213. The van der Waals surface area contributed by atoms with Gasteiger partial charge in [-0.1, -0.05) is 12.1 Å². The number of rotatable bonds is 3. The average Bonchev–Trinajstić information content (AvgIpc) is 2.58. The van der Waals surface area contributed by atoms with Gasteiger partial charge in [-0.3, -0.25) is 4.90 Å². The fraction of sp³-hybridized carbons (Fsp3) is 0.417. The van der Waals surface area contributed by atoms with Gasteiger partial charge in [-0.05, 0) is 24.6 Å². The van der Waals surface area contributed by atoms with E-state index in [2.05, 4.69) is 0 Å². The van der Waals surface area contributed by atoms with Crippen molar-refractivity contribution in [1.82, 2.24) is 4.90 Å². The Morgan fingerprint density at radius 1 is 1.47 bits per heavy atom. The molecule has 0 bridgehead atoms. The number of benzene rings is 1. The quantitative estimate of drug-likeness (QED) is 0.822. The fourth-order valence-corrected chi connectivity index (χ4v) is 1.82. The summed E-state index contributed by atoms with van der Waals surface area (Å²) < 4.78 is 5.22. The normalized spacial score (nSPS) is 23.9. The number of hydrogen-bond acceptors (Lipinski definition) is 4. The summed E-state index contributed by atoms with van der Waals surface area (Å²) in [7, 11) is 0. The molecule has 0 spiro atoms. The van der Waals surface area contributed by atoms with Crippen LogP contribution in [-0.2, 0) is 11.3 Å². The third-order valence-electron chi connectivity index (χ3n) is 2.86. The molecule has 1 atom stereocenters. The Kier molecular flexibility index (Phi) is 2.93. The Hall–Kier alpha value is -1.75. The van der Waals surface area contributed by atoms with Crippen molar-refractivity contribution in [3.63, 3.8) is 0 Å². The van der Waals surface area contributed by atoms with Crippen molar-refractivity contribution in [2.75, 3.05) is 13.1 Å². The van der Waals surface area contributed by atoms with Gasteiger partial charge in [0.15, 0.2) is 0 Å². The molecular formula is C12H16N2O3. The van der Waals surface area contributed by atoms with Crippen LogP contribution in [0, 0.1) is 0 Å². The van der Waals surface area contributed by atoms with E-state index >= 15 is 0 Å². The maximum absolute atomic E-state index is 11.6. The number of nitrogens with zero attached hydrogens (tertiary/aromatic N) is 1. The topological polar surface area (TPSA) is 75.8 Å². The molecular weight excluding hydrogens is 220 g/mol. The Bertz CT molecular complexity index is 418. The highest BCUT2D eigenvalue weighted by molar-refractivity contribution is 5.70. The number of amides is 1. The van der Waals surface area contributed by atoms with Crippen molar-refractivity contribution < 1.29 is 14.6 Å². The zero-order valence-corrected chi connectivity index (χ0v) is 9.72. The van der Waals surface area contributed by atoms with Gasteiger partial charge in [-0.2, -0.15) is 0 Å². The predicted octanol–water partition coefficient (Wildman–Crippen LogP) is 1.06. The van der Waals surface area contributed by atoms with E-state index < -0.39 is 5.60 Å². The van der Waals surface area contributed by atoms with Gasteiger partial charge in [0, 0.05) is 13.1 Å². The third-order valence-corrected chi connectivity index (χ3v) is 2.86. The van der Waals surface area contributed by atoms with Crippen LogP contribution >= 0.6 is 0 Å². The number of hydrogen-bond donors (Lipinski definition) is 2. The smallest absolute Gasteiger partial charge is 0.410 e. The molecule has 1 amide bonds. The van der Waals surface area contributed by atoms with Crippen LogP contribution in [0.5, 0.6) is 5.75 Å². The number of nitrogens with two attached hydrogens (primary N) is 1. The maximum atomic E-state index is 11.6. The number of cyclic esters (lactones) is 1. The lowest BCUT2D eigenvalue weighted by Crippen LogP contribution is -2.38. The minimum atomic E-state index is -0.589. The van der Waals surface area contributed by atoms with Gasteiger partial charge in [0.05, 0.1) is 6.54 Å². The molecule has 1 saturated heterocycles. The molecule has 0 saturated carbocycles. The molecule has 1 heterocycles. The molecule has 0 radical (unpaired) electrons. The maximum Gasteiger partial charge on any atom is 0.410 e. The first kappa shape index (κ1) is 11.7. The van der Waals surface area contributed by atoms with E-state index in [0.717, 1.165) is 5.56 Å². The second-order valence-electron chi connectivity index (χ2n) is 4.54. The van der Waals surface area contributed by atoms with Gasteiger partial charge in [0.1, 0.15) is 11.4 Å². The summed E-state index contributed by atoms with van der Waals surface area (Å²) in [5.41, 5.74) is 5.92. The van der Waals surface area contributed by atoms with Crippen LogP contribution in [0.2, 0.25) is 0 Å². The molecule has 92 valence electrons. The SMILES string of the molecule is CC1(CN)CN(Cc2ccc(O)cc2)C(=O)O1. The molecule has 1 aromatic rings. The number of phenolic OH excluding ortho intramolecular Hbond substituents is 1. The first-order chi connectivity index (χ1) is 8.02. The van der Waals surface area contributed by atoms with Crippen LogP contribution in [-0.4, -0.2) is 34.8 Å². The lowest BCUT2D eigenvalue weighted by molar-refractivity contribution is 0.0781. The van der Waals surface area contributed by atoms with Gasteiger partial charge in [-0.25, -0.2) is 4.79 Å². The van der Waals surface area contributed by atoms with E-state index in [1.54, 1.807) is 29.2 Å². The van der Waals surface area contributed by atoms with Crippen molar-refractivity contribution in [2.45, 2.75) is 19.1 Å². The van der Waals surface area contributed by atoms with Crippen molar-refractivity contribution in [2.24, 2.45) is 5.73 Å². The number of carbonyl (C=O) groups is 1. The van der Waals surface area contributed by atoms with Crippen LogP contribution < -0.4 is 5.73 Å². The predicted molar refractivity (Wildman–Crippen MR) is 62.5 cm³/mol. The minimum Gasteiger partial charge on any atom is -0.508 e. The monoisotopic (exact) mass is 236 g/mol. The van der Waals surface area contributed by atoms with Crippen molar-refractivity contribution in [3.05, 3.63) is 29.8 Å². The lowest BCUT2D eigenvalue weighted by atomic mass is 10.1. The van der Waals surface area contributed by atoms with Gasteiger partial charge >= 0.3 is 6.09 Å². The molecule has 2 rings (SSSR count). The van der Waals surface area contributed by atoms with Crippen molar-refractivity contribution >= 4 is 6.09 Å². The molecule has 5 heteroatoms. The lowest BCUT2D eigenvalue weighted by Gasteiger charge is -2.19. The summed E-state index contributed by atoms with van der Waals surface area (Å²) in [4.78, 5) is 13.2. The number of carbonyl (C=O) groups excluding carboxylic acids is 1. The van der Waals surface area contributed by atoms with E-state index in [1.165, 1.54) is 0 Å². The van der Waals surface area contributed by atoms with Crippen molar-refractivity contribution in [1.29, 1.82) is 0 Å². The summed E-state index contributed by atoms with van der Waals surface area (Å²) in [6, 6.07) is 6.75. The Morgan fingerprint density at radius 2 is 2.12 bits per heavy atom. The van der Waals surface area contributed by atoms with E-state index in [0.29, 0.717) is 19.6 Å². The zero-order valence-electron chi connectivity index (χ0n) is 9.72. The highest BCUT2D eigenvalue weighted by Crippen LogP contribution is 2.23.